The van der Waals surface area contributed by atoms with E-state index in [1.54, 1.807) is 30.6 Å². The molecular weight excluding hydrogens is 463 g/mol. The van der Waals surface area contributed by atoms with Crippen LogP contribution in [0.2, 0.25) is 0 Å². The van der Waals surface area contributed by atoms with E-state index in [4.69, 9.17) is 0 Å². The molecule has 0 unspecified atom stereocenters. The second-order valence-electron chi connectivity index (χ2n) is 7.74. The summed E-state index contributed by atoms with van der Waals surface area (Å²) in [5.41, 5.74) is 2.16. The van der Waals surface area contributed by atoms with E-state index in [0.29, 0.717) is 28.0 Å². The van der Waals surface area contributed by atoms with Crippen LogP contribution in [0.3, 0.4) is 0 Å². The molecule has 0 aliphatic rings. The number of aryl methyl sites for hydroxylation is 2. The second-order valence-corrected chi connectivity index (χ2v) is 7.74. The second kappa shape index (κ2) is 9.49. The van der Waals surface area contributed by atoms with Gasteiger partial charge in [0.2, 0.25) is 0 Å². The molecule has 3 heterocycles. The van der Waals surface area contributed by atoms with Crippen LogP contribution in [0.4, 0.5) is 13.2 Å². The number of nitrogens with one attached hydrogen (secondary N) is 1. The number of hydrogen-bond donors (Lipinski definition) is 1. The van der Waals surface area contributed by atoms with E-state index in [0.717, 1.165) is 5.56 Å². The molecule has 0 spiro atoms. The van der Waals surface area contributed by atoms with Gasteiger partial charge in [-0.1, -0.05) is 6.07 Å². The molecule has 4 rings (SSSR count). The van der Waals surface area contributed by atoms with Gasteiger partial charge in [0, 0.05) is 42.7 Å². The van der Waals surface area contributed by atoms with Crippen molar-refractivity contribution in [3.05, 3.63) is 87.7 Å². The minimum Gasteiger partial charge on any atom is -0.348 e. The Kier molecular flexibility index (Phi) is 6.45. The molecule has 1 N–H and O–H groups in total. The topological polar surface area (TPSA) is 108 Å². The van der Waals surface area contributed by atoms with E-state index >= 15 is 0 Å². The van der Waals surface area contributed by atoms with Crippen LogP contribution in [-0.2, 0) is 19.3 Å². The Bertz CT molecular complexity index is 1430. The number of carbonyl (C=O) groups excluding carboxylic acids is 1. The number of amides is 1. The molecule has 0 saturated carbocycles. The number of hydrogen-bond acceptors (Lipinski definition) is 6. The molecule has 180 valence electrons. The predicted molar refractivity (Wildman–Crippen MR) is 120 cm³/mol. The monoisotopic (exact) mass is 483 g/mol. The molecule has 0 saturated heterocycles. The smallest absolute Gasteiger partial charge is 0.348 e. The molecule has 0 aliphatic heterocycles. The van der Waals surface area contributed by atoms with E-state index in [2.05, 4.69) is 25.8 Å². The molecular formula is C23H20F3N7O2. The number of benzene rings is 1. The largest absolute Gasteiger partial charge is 0.453 e. The highest BCUT2D eigenvalue weighted by molar-refractivity contribution is 5.96. The van der Waals surface area contributed by atoms with Crippen molar-refractivity contribution in [2.75, 3.05) is 0 Å². The van der Waals surface area contributed by atoms with Gasteiger partial charge < -0.3 is 9.88 Å². The van der Waals surface area contributed by atoms with Crippen LogP contribution < -0.4 is 10.9 Å². The molecule has 0 radical (unpaired) electrons. The maximum atomic E-state index is 13.4. The summed E-state index contributed by atoms with van der Waals surface area (Å²) < 4.78 is 42.3. The van der Waals surface area contributed by atoms with Crippen molar-refractivity contribution in [1.82, 2.24) is 35.1 Å². The molecule has 3 aromatic heterocycles. The van der Waals surface area contributed by atoms with Gasteiger partial charge in [-0.2, -0.15) is 17.9 Å². The minimum atomic E-state index is -4.80. The van der Waals surface area contributed by atoms with Crippen molar-refractivity contribution in [3.8, 4) is 16.9 Å². The first-order valence-corrected chi connectivity index (χ1v) is 10.6. The predicted octanol–water partition coefficient (Wildman–Crippen LogP) is 3.16. The number of tetrazole rings is 1. The lowest BCUT2D eigenvalue weighted by Gasteiger charge is -2.12. The fourth-order valence-electron chi connectivity index (χ4n) is 3.39. The standard InChI is InChI=1S/C23H20F3N7O2/c1-3-32-7-6-15(8-20(32)34)13-28-21(35)17-9-16(19-5-4-14(2)12-27-19)10-18(11-17)33-22(23(24,25)26)29-30-31-33/h4-12H,3,13H2,1-2H3,(H,28,35). The number of carbonyl (C=O) groups is 1. The third kappa shape index (κ3) is 5.26. The zero-order valence-electron chi connectivity index (χ0n) is 18.7. The Morgan fingerprint density at radius 3 is 2.57 bits per heavy atom. The van der Waals surface area contributed by atoms with Gasteiger partial charge in [0.1, 0.15) is 0 Å². The SMILES string of the molecule is CCn1ccc(CNC(=O)c2cc(-c3ccc(C)cn3)cc(-n3nnnc3C(F)(F)F)c2)cc1=O. The van der Waals surface area contributed by atoms with Gasteiger partial charge in [-0.3, -0.25) is 14.6 Å². The van der Waals surface area contributed by atoms with Gasteiger partial charge in [0.25, 0.3) is 17.3 Å². The van der Waals surface area contributed by atoms with Crippen LogP contribution in [-0.4, -0.2) is 35.7 Å². The first-order chi connectivity index (χ1) is 16.7. The van der Waals surface area contributed by atoms with Crippen LogP contribution in [0, 0.1) is 6.92 Å². The van der Waals surface area contributed by atoms with Crippen LogP contribution in [0.15, 0.2) is 59.7 Å². The lowest BCUT2D eigenvalue weighted by Crippen LogP contribution is -2.25. The molecule has 4 aromatic rings. The van der Waals surface area contributed by atoms with Gasteiger partial charge >= 0.3 is 6.18 Å². The Labute approximate surface area is 197 Å². The van der Waals surface area contributed by atoms with E-state index < -0.39 is 17.9 Å². The molecule has 1 amide bonds. The summed E-state index contributed by atoms with van der Waals surface area (Å²) in [6.45, 7) is 4.26. The molecule has 1 aromatic carbocycles. The number of nitrogens with zero attached hydrogens (tertiary/aromatic N) is 6. The highest BCUT2D eigenvalue weighted by Crippen LogP contribution is 2.30. The van der Waals surface area contributed by atoms with Gasteiger partial charge in [-0.15, -0.1) is 5.10 Å². The number of pyridine rings is 2. The fraction of sp³-hybridized carbons (Fsp3) is 0.217. The van der Waals surface area contributed by atoms with Crippen molar-refractivity contribution in [2.24, 2.45) is 0 Å². The van der Waals surface area contributed by atoms with Crippen LogP contribution >= 0.6 is 0 Å². The number of aromatic nitrogens is 6. The van der Waals surface area contributed by atoms with Gasteiger partial charge in [0.15, 0.2) is 0 Å². The summed E-state index contributed by atoms with van der Waals surface area (Å²) in [5, 5.41) is 12.4. The fourth-order valence-corrected chi connectivity index (χ4v) is 3.39. The maximum Gasteiger partial charge on any atom is 0.453 e. The summed E-state index contributed by atoms with van der Waals surface area (Å²) in [6, 6.07) is 10.8. The Morgan fingerprint density at radius 2 is 1.91 bits per heavy atom. The van der Waals surface area contributed by atoms with E-state index in [1.807, 2.05) is 13.8 Å². The Balaban J connectivity index is 1.71. The zero-order chi connectivity index (χ0) is 25.2. The molecule has 9 nitrogen and oxygen atoms in total. The molecule has 35 heavy (non-hydrogen) atoms. The third-order valence-corrected chi connectivity index (χ3v) is 5.21. The Morgan fingerprint density at radius 1 is 1.11 bits per heavy atom. The Hall–Kier alpha value is -4.35. The van der Waals surface area contributed by atoms with Crippen molar-refractivity contribution >= 4 is 5.91 Å². The highest BCUT2D eigenvalue weighted by atomic mass is 19.4. The van der Waals surface area contributed by atoms with E-state index in [1.165, 1.54) is 28.8 Å². The van der Waals surface area contributed by atoms with Crippen molar-refractivity contribution < 1.29 is 18.0 Å². The number of halogens is 3. The van der Waals surface area contributed by atoms with Crippen LogP contribution in [0.5, 0.6) is 0 Å². The average Bonchev–Trinajstić information content (AvgIpc) is 3.34. The molecule has 0 aliphatic carbocycles. The minimum absolute atomic E-state index is 0.0552. The van der Waals surface area contributed by atoms with Crippen LogP contribution in [0.1, 0.15) is 34.2 Å². The molecule has 0 atom stereocenters. The van der Waals surface area contributed by atoms with Crippen molar-refractivity contribution in [1.29, 1.82) is 0 Å². The van der Waals surface area contributed by atoms with Crippen molar-refractivity contribution in [2.45, 2.75) is 33.1 Å². The van der Waals surface area contributed by atoms with Gasteiger partial charge in [-0.25, -0.2) is 0 Å². The first-order valence-electron chi connectivity index (χ1n) is 10.6. The molecule has 12 heteroatoms. The van der Waals surface area contributed by atoms with E-state index in [9.17, 15) is 22.8 Å². The summed E-state index contributed by atoms with van der Waals surface area (Å²) in [4.78, 5) is 29.3. The van der Waals surface area contributed by atoms with E-state index in [-0.39, 0.29) is 23.4 Å². The molecule has 0 fully saturated rings. The lowest BCUT2D eigenvalue weighted by molar-refractivity contribution is -0.146. The third-order valence-electron chi connectivity index (χ3n) is 5.21. The first kappa shape index (κ1) is 23.8. The highest BCUT2D eigenvalue weighted by Gasteiger charge is 2.38. The quantitative estimate of drug-likeness (QED) is 0.452. The van der Waals surface area contributed by atoms with Gasteiger partial charge in [0.05, 0.1) is 11.4 Å². The summed E-state index contributed by atoms with van der Waals surface area (Å²) in [5.74, 6) is -1.88. The number of alkyl halides is 3. The van der Waals surface area contributed by atoms with Gasteiger partial charge in [-0.05, 0) is 65.7 Å². The normalized spacial score (nSPS) is 11.5. The summed E-state index contributed by atoms with van der Waals surface area (Å²) in [6.07, 6.45) is -1.57. The molecule has 0 bridgehead atoms. The lowest BCUT2D eigenvalue weighted by atomic mass is 10.0. The summed E-state index contributed by atoms with van der Waals surface area (Å²) in [7, 11) is 0. The van der Waals surface area contributed by atoms with Crippen LogP contribution in [0.25, 0.3) is 16.9 Å². The number of rotatable bonds is 6. The maximum absolute atomic E-state index is 13.4. The average molecular weight is 483 g/mol. The van der Waals surface area contributed by atoms with Crippen molar-refractivity contribution in [3.63, 3.8) is 0 Å². The zero-order valence-corrected chi connectivity index (χ0v) is 18.7. The summed E-state index contributed by atoms with van der Waals surface area (Å²) >= 11 is 0.